The van der Waals surface area contributed by atoms with Gasteiger partial charge in [0.1, 0.15) is 17.4 Å². The first-order valence-electron chi connectivity index (χ1n) is 8.31. The van der Waals surface area contributed by atoms with Gasteiger partial charge in [-0.2, -0.15) is 9.78 Å². The van der Waals surface area contributed by atoms with E-state index in [0.29, 0.717) is 23.7 Å². The van der Waals surface area contributed by atoms with E-state index < -0.39 is 5.56 Å². The minimum atomic E-state index is -0.420. The van der Waals surface area contributed by atoms with Crippen molar-refractivity contribution in [3.8, 4) is 11.4 Å². The molecule has 138 valence electrons. The molecule has 26 heavy (non-hydrogen) atoms. The summed E-state index contributed by atoms with van der Waals surface area (Å²) in [5, 5.41) is 4.26. The van der Waals surface area contributed by atoms with Crippen molar-refractivity contribution in [2.45, 2.75) is 12.8 Å². The standard InChI is InChI=1S/C18H20ClN3O4/c1-21(9-10-26-18(24)12-3-4-12)15-11-20-22(17(23)16(15)19)13-5-7-14(25-2)8-6-13/h5-8,11-12H,3-4,9-10H2,1-2H3. The zero-order valence-electron chi connectivity index (χ0n) is 14.6. The highest BCUT2D eigenvalue weighted by molar-refractivity contribution is 6.33. The van der Waals surface area contributed by atoms with Gasteiger partial charge in [-0.25, -0.2) is 0 Å². The third-order valence-corrected chi connectivity index (χ3v) is 4.57. The first-order valence-corrected chi connectivity index (χ1v) is 8.69. The molecule has 0 N–H and O–H groups in total. The SMILES string of the molecule is COc1ccc(-n2ncc(N(C)CCOC(=O)C3CC3)c(Cl)c2=O)cc1. The molecule has 1 aliphatic carbocycles. The molecule has 1 aliphatic rings. The van der Waals surface area contributed by atoms with Gasteiger partial charge in [0.05, 0.1) is 37.1 Å². The topological polar surface area (TPSA) is 73.7 Å². The molecule has 0 saturated heterocycles. The minimum Gasteiger partial charge on any atom is -0.497 e. The van der Waals surface area contributed by atoms with E-state index in [-0.39, 0.29) is 23.5 Å². The third kappa shape index (κ3) is 3.99. The molecule has 1 aromatic carbocycles. The smallest absolute Gasteiger partial charge is 0.308 e. The Kier molecular flexibility index (Phi) is 5.46. The summed E-state index contributed by atoms with van der Waals surface area (Å²) in [4.78, 5) is 25.8. The van der Waals surface area contributed by atoms with Crippen LogP contribution < -0.4 is 15.2 Å². The normalized spacial score (nSPS) is 13.3. The zero-order valence-corrected chi connectivity index (χ0v) is 15.4. The van der Waals surface area contributed by atoms with E-state index in [1.165, 1.54) is 10.9 Å². The van der Waals surface area contributed by atoms with E-state index in [1.807, 2.05) is 0 Å². The number of hydrogen-bond acceptors (Lipinski definition) is 6. The lowest BCUT2D eigenvalue weighted by Gasteiger charge is -2.20. The average molecular weight is 378 g/mol. The summed E-state index contributed by atoms with van der Waals surface area (Å²) in [7, 11) is 3.34. The van der Waals surface area contributed by atoms with Gasteiger partial charge in [-0.1, -0.05) is 11.6 Å². The Morgan fingerprint density at radius 1 is 1.35 bits per heavy atom. The Bertz CT molecular complexity index is 847. The van der Waals surface area contributed by atoms with Crippen LogP contribution in [0, 0.1) is 5.92 Å². The van der Waals surface area contributed by atoms with Crippen LogP contribution in [0.1, 0.15) is 12.8 Å². The van der Waals surface area contributed by atoms with Crippen LogP contribution in [0.25, 0.3) is 5.69 Å². The van der Waals surface area contributed by atoms with Gasteiger partial charge in [0, 0.05) is 7.05 Å². The van der Waals surface area contributed by atoms with Crippen LogP contribution >= 0.6 is 11.6 Å². The number of esters is 1. The molecular weight excluding hydrogens is 358 g/mol. The van der Waals surface area contributed by atoms with Gasteiger partial charge in [0.25, 0.3) is 5.56 Å². The van der Waals surface area contributed by atoms with Crippen LogP contribution in [0.15, 0.2) is 35.3 Å². The van der Waals surface area contributed by atoms with E-state index in [1.54, 1.807) is 43.3 Å². The van der Waals surface area contributed by atoms with Crippen LogP contribution in [0.4, 0.5) is 5.69 Å². The summed E-state index contributed by atoms with van der Waals surface area (Å²) in [6.45, 7) is 0.662. The minimum absolute atomic E-state index is 0.0619. The van der Waals surface area contributed by atoms with E-state index >= 15 is 0 Å². The van der Waals surface area contributed by atoms with Crippen molar-refractivity contribution >= 4 is 23.3 Å². The molecule has 7 nitrogen and oxygen atoms in total. The molecule has 0 bridgehead atoms. The van der Waals surface area contributed by atoms with Gasteiger partial charge in [-0.3, -0.25) is 9.59 Å². The van der Waals surface area contributed by atoms with Crippen molar-refractivity contribution in [1.29, 1.82) is 0 Å². The van der Waals surface area contributed by atoms with Gasteiger partial charge < -0.3 is 14.4 Å². The lowest BCUT2D eigenvalue weighted by atomic mass is 10.3. The number of nitrogens with zero attached hydrogens (tertiary/aromatic N) is 3. The third-order valence-electron chi connectivity index (χ3n) is 4.21. The van der Waals surface area contributed by atoms with E-state index in [4.69, 9.17) is 21.1 Å². The maximum absolute atomic E-state index is 12.6. The molecule has 0 radical (unpaired) electrons. The number of aromatic nitrogens is 2. The summed E-state index contributed by atoms with van der Waals surface area (Å²) < 4.78 is 11.5. The van der Waals surface area contributed by atoms with Gasteiger partial charge in [-0.15, -0.1) is 0 Å². The number of halogens is 1. The number of hydrogen-bond donors (Lipinski definition) is 0. The molecule has 0 aliphatic heterocycles. The summed E-state index contributed by atoms with van der Waals surface area (Å²) in [5.41, 5.74) is 0.658. The number of carbonyl (C=O) groups excluding carboxylic acids is 1. The largest absolute Gasteiger partial charge is 0.497 e. The van der Waals surface area contributed by atoms with Crippen LogP contribution in [0.3, 0.4) is 0 Å². The summed E-state index contributed by atoms with van der Waals surface area (Å²) in [6, 6.07) is 6.94. The van der Waals surface area contributed by atoms with Gasteiger partial charge in [0.2, 0.25) is 0 Å². The molecule has 1 fully saturated rings. The fourth-order valence-corrected chi connectivity index (χ4v) is 2.71. The molecule has 0 unspecified atom stereocenters. The Balaban J connectivity index is 1.71. The molecule has 1 heterocycles. The van der Waals surface area contributed by atoms with Crippen molar-refractivity contribution in [2.24, 2.45) is 5.92 Å². The number of ether oxygens (including phenoxy) is 2. The Morgan fingerprint density at radius 2 is 2.04 bits per heavy atom. The van der Waals surface area contributed by atoms with E-state index in [2.05, 4.69) is 5.10 Å². The highest BCUT2D eigenvalue weighted by Crippen LogP contribution is 2.30. The predicted molar refractivity (Wildman–Crippen MR) is 98.3 cm³/mol. The first-order chi connectivity index (χ1) is 12.5. The molecule has 0 atom stereocenters. The van der Waals surface area contributed by atoms with Crippen molar-refractivity contribution in [3.63, 3.8) is 0 Å². The molecule has 0 spiro atoms. The molecule has 1 aromatic heterocycles. The van der Waals surface area contributed by atoms with Crippen LogP contribution in [-0.4, -0.2) is 43.1 Å². The Morgan fingerprint density at radius 3 is 2.65 bits per heavy atom. The van der Waals surface area contributed by atoms with Crippen LogP contribution in [0.5, 0.6) is 5.75 Å². The van der Waals surface area contributed by atoms with Crippen LogP contribution in [-0.2, 0) is 9.53 Å². The van der Waals surface area contributed by atoms with Gasteiger partial charge >= 0.3 is 5.97 Å². The number of rotatable bonds is 7. The van der Waals surface area contributed by atoms with Crippen LogP contribution in [0.2, 0.25) is 5.02 Å². The molecule has 2 aromatic rings. The van der Waals surface area contributed by atoms with Crippen molar-refractivity contribution < 1.29 is 14.3 Å². The molecule has 0 amide bonds. The lowest BCUT2D eigenvalue weighted by molar-refractivity contribution is -0.144. The molecule has 3 rings (SSSR count). The van der Waals surface area contributed by atoms with Crippen molar-refractivity contribution in [2.75, 3.05) is 32.2 Å². The Labute approximate surface area is 156 Å². The maximum atomic E-state index is 12.6. The summed E-state index contributed by atoms with van der Waals surface area (Å²) in [5.74, 6) is 0.599. The van der Waals surface area contributed by atoms with Crippen molar-refractivity contribution in [3.05, 3.63) is 45.8 Å². The number of likely N-dealkylation sites (N-methyl/N-ethyl adjacent to an activating group) is 1. The van der Waals surface area contributed by atoms with Gasteiger partial charge in [-0.05, 0) is 37.1 Å². The second kappa shape index (κ2) is 7.78. The average Bonchev–Trinajstić information content (AvgIpc) is 3.49. The lowest BCUT2D eigenvalue weighted by Crippen LogP contribution is -2.29. The molecular formula is C18H20ClN3O4. The monoisotopic (exact) mass is 377 g/mol. The highest BCUT2D eigenvalue weighted by atomic mass is 35.5. The van der Waals surface area contributed by atoms with E-state index in [0.717, 1.165) is 12.8 Å². The number of benzene rings is 1. The zero-order chi connectivity index (χ0) is 18.7. The number of carbonyl (C=O) groups is 1. The fourth-order valence-electron chi connectivity index (χ4n) is 2.44. The van der Waals surface area contributed by atoms with E-state index in [9.17, 15) is 9.59 Å². The first kappa shape index (κ1) is 18.3. The predicted octanol–water partition coefficient (Wildman–Crippen LogP) is 2.28. The summed E-state index contributed by atoms with van der Waals surface area (Å²) >= 11 is 6.26. The van der Waals surface area contributed by atoms with Gasteiger partial charge in [0.15, 0.2) is 0 Å². The number of anilines is 1. The fraction of sp³-hybridized carbons (Fsp3) is 0.389. The maximum Gasteiger partial charge on any atom is 0.308 e. The quantitative estimate of drug-likeness (QED) is 0.689. The molecule has 8 heteroatoms. The Hall–Kier alpha value is -2.54. The summed E-state index contributed by atoms with van der Waals surface area (Å²) in [6.07, 6.45) is 3.35. The second-order valence-electron chi connectivity index (χ2n) is 6.12. The highest BCUT2D eigenvalue weighted by Gasteiger charge is 2.31. The molecule has 1 saturated carbocycles. The second-order valence-corrected chi connectivity index (χ2v) is 6.50. The number of methoxy groups -OCH3 is 1. The van der Waals surface area contributed by atoms with Crippen molar-refractivity contribution in [1.82, 2.24) is 9.78 Å².